The van der Waals surface area contributed by atoms with Gasteiger partial charge in [0, 0.05) is 23.1 Å². The van der Waals surface area contributed by atoms with E-state index in [2.05, 4.69) is 4.98 Å². The van der Waals surface area contributed by atoms with Crippen LogP contribution in [0.3, 0.4) is 0 Å². The fourth-order valence-corrected chi connectivity index (χ4v) is 2.56. The van der Waals surface area contributed by atoms with Crippen molar-refractivity contribution in [2.24, 2.45) is 0 Å². The van der Waals surface area contributed by atoms with E-state index in [1.165, 1.54) is 11.3 Å². The van der Waals surface area contributed by atoms with Crippen LogP contribution in [0.5, 0.6) is 0 Å². The number of benzene rings is 1. The van der Waals surface area contributed by atoms with Crippen LogP contribution < -0.4 is 0 Å². The van der Waals surface area contributed by atoms with E-state index < -0.39 is 23.7 Å². The minimum Gasteiger partial charge on any atom is -0.388 e. The first-order valence-corrected chi connectivity index (χ1v) is 6.61. The van der Waals surface area contributed by atoms with Crippen LogP contribution in [-0.4, -0.2) is 10.1 Å². The number of thiazole rings is 1. The Morgan fingerprint density at radius 2 is 2.05 bits per heavy atom. The van der Waals surface area contributed by atoms with Crippen molar-refractivity contribution in [2.75, 3.05) is 0 Å². The highest BCUT2D eigenvalue weighted by molar-refractivity contribution is 7.09. The first-order chi connectivity index (χ1) is 9.27. The molecule has 0 aliphatic carbocycles. The van der Waals surface area contributed by atoms with E-state index in [1.807, 2.05) is 0 Å². The van der Waals surface area contributed by atoms with Gasteiger partial charge in [0.1, 0.15) is 5.82 Å². The molecule has 2 aromatic rings. The SMILES string of the molecule is Cc1csc(CC(O)c2cc(C(F)(F)F)ccc2F)n1. The zero-order valence-corrected chi connectivity index (χ0v) is 11.2. The smallest absolute Gasteiger partial charge is 0.388 e. The van der Waals surface area contributed by atoms with Gasteiger partial charge in [0.25, 0.3) is 0 Å². The number of aryl methyl sites for hydroxylation is 1. The van der Waals surface area contributed by atoms with Crippen LogP contribution in [0, 0.1) is 12.7 Å². The number of halogens is 4. The van der Waals surface area contributed by atoms with E-state index in [4.69, 9.17) is 0 Å². The molecule has 0 radical (unpaired) electrons. The molecule has 20 heavy (non-hydrogen) atoms. The van der Waals surface area contributed by atoms with Crippen LogP contribution >= 0.6 is 11.3 Å². The summed E-state index contributed by atoms with van der Waals surface area (Å²) >= 11 is 1.27. The molecule has 0 bridgehead atoms. The maximum Gasteiger partial charge on any atom is 0.416 e. The van der Waals surface area contributed by atoms with E-state index >= 15 is 0 Å². The summed E-state index contributed by atoms with van der Waals surface area (Å²) in [6, 6.07) is 2.01. The van der Waals surface area contributed by atoms with E-state index in [-0.39, 0.29) is 12.0 Å². The summed E-state index contributed by atoms with van der Waals surface area (Å²) in [6.07, 6.45) is -5.95. The third-order valence-electron chi connectivity index (χ3n) is 2.72. The van der Waals surface area contributed by atoms with Gasteiger partial charge >= 0.3 is 6.18 Å². The molecule has 1 heterocycles. The molecule has 0 saturated carbocycles. The number of alkyl halides is 3. The van der Waals surface area contributed by atoms with Crippen LogP contribution in [0.15, 0.2) is 23.6 Å². The van der Waals surface area contributed by atoms with E-state index in [0.29, 0.717) is 23.2 Å². The summed E-state index contributed by atoms with van der Waals surface area (Å²) < 4.78 is 51.3. The van der Waals surface area contributed by atoms with Crippen LogP contribution in [0.4, 0.5) is 17.6 Å². The lowest BCUT2D eigenvalue weighted by Gasteiger charge is -2.13. The van der Waals surface area contributed by atoms with Crippen molar-refractivity contribution in [2.45, 2.75) is 25.6 Å². The fraction of sp³-hybridized carbons (Fsp3) is 0.308. The van der Waals surface area contributed by atoms with E-state index in [0.717, 1.165) is 5.69 Å². The third-order valence-corrected chi connectivity index (χ3v) is 3.71. The first kappa shape index (κ1) is 14.9. The second-order valence-electron chi connectivity index (χ2n) is 4.34. The zero-order valence-electron chi connectivity index (χ0n) is 10.4. The van der Waals surface area contributed by atoms with Crippen molar-refractivity contribution in [3.05, 3.63) is 51.2 Å². The molecule has 0 aliphatic heterocycles. The molecule has 1 atom stereocenters. The van der Waals surface area contributed by atoms with Gasteiger partial charge < -0.3 is 5.11 Å². The molecular formula is C13H11F4NOS. The van der Waals surface area contributed by atoms with Crippen molar-refractivity contribution in [3.8, 4) is 0 Å². The lowest BCUT2D eigenvalue weighted by atomic mass is 10.0. The molecule has 1 N–H and O–H groups in total. The Kier molecular flexibility index (Phi) is 4.10. The average Bonchev–Trinajstić information content (AvgIpc) is 2.73. The second-order valence-corrected chi connectivity index (χ2v) is 5.28. The van der Waals surface area contributed by atoms with Gasteiger partial charge in [0.2, 0.25) is 0 Å². The largest absolute Gasteiger partial charge is 0.416 e. The van der Waals surface area contributed by atoms with Gasteiger partial charge in [-0.05, 0) is 25.1 Å². The summed E-state index contributed by atoms with van der Waals surface area (Å²) in [5.41, 5.74) is -0.599. The first-order valence-electron chi connectivity index (χ1n) is 5.73. The van der Waals surface area contributed by atoms with Crippen molar-refractivity contribution >= 4 is 11.3 Å². The van der Waals surface area contributed by atoms with Crippen LogP contribution in [-0.2, 0) is 12.6 Å². The molecule has 0 amide bonds. The molecule has 0 fully saturated rings. The molecule has 1 aromatic carbocycles. The quantitative estimate of drug-likeness (QED) is 0.873. The lowest BCUT2D eigenvalue weighted by Crippen LogP contribution is -2.10. The van der Waals surface area contributed by atoms with Gasteiger partial charge in [-0.15, -0.1) is 11.3 Å². The molecule has 1 aromatic heterocycles. The average molecular weight is 305 g/mol. The third kappa shape index (κ3) is 3.34. The normalized spacial score (nSPS) is 13.5. The Hall–Kier alpha value is -1.47. The van der Waals surface area contributed by atoms with Crippen LogP contribution in [0.1, 0.15) is 27.9 Å². The molecule has 0 spiro atoms. The number of aliphatic hydroxyl groups excluding tert-OH is 1. The highest BCUT2D eigenvalue weighted by Crippen LogP contribution is 2.32. The van der Waals surface area contributed by atoms with Gasteiger partial charge in [0.05, 0.1) is 16.7 Å². The number of rotatable bonds is 3. The molecule has 1 unspecified atom stereocenters. The minimum atomic E-state index is -4.57. The van der Waals surface area contributed by atoms with Gasteiger partial charge in [-0.2, -0.15) is 13.2 Å². The highest BCUT2D eigenvalue weighted by Gasteiger charge is 2.32. The highest BCUT2D eigenvalue weighted by atomic mass is 32.1. The minimum absolute atomic E-state index is 0.0171. The Labute approximate surface area is 116 Å². The van der Waals surface area contributed by atoms with Crippen LogP contribution in [0.2, 0.25) is 0 Å². The van der Waals surface area contributed by atoms with Gasteiger partial charge in [-0.25, -0.2) is 9.37 Å². The molecule has 7 heteroatoms. The Balaban J connectivity index is 2.27. The topological polar surface area (TPSA) is 33.1 Å². The van der Waals surface area contributed by atoms with Crippen molar-refractivity contribution in [3.63, 3.8) is 0 Å². The molecule has 2 nitrogen and oxygen atoms in total. The molecular weight excluding hydrogens is 294 g/mol. The van der Waals surface area contributed by atoms with E-state index in [1.54, 1.807) is 12.3 Å². The molecule has 108 valence electrons. The van der Waals surface area contributed by atoms with Crippen molar-refractivity contribution in [1.82, 2.24) is 4.98 Å². The maximum atomic E-state index is 13.6. The Morgan fingerprint density at radius 1 is 1.35 bits per heavy atom. The number of hydrogen-bond donors (Lipinski definition) is 1. The Bertz CT molecular complexity index is 609. The zero-order chi connectivity index (χ0) is 14.9. The van der Waals surface area contributed by atoms with Gasteiger partial charge in [-0.1, -0.05) is 0 Å². The van der Waals surface area contributed by atoms with Gasteiger partial charge in [-0.3, -0.25) is 0 Å². The summed E-state index contributed by atoms with van der Waals surface area (Å²) in [7, 11) is 0. The molecule has 2 rings (SSSR count). The summed E-state index contributed by atoms with van der Waals surface area (Å²) in [5, 5.41) is 12.2. The molecule has 0 saturated heterocycles. The number of aromatic nitrogens is 1. The van der Waals surface area contributed by atoms with Crippen molar-refractivity contribution in [1.29, 1.82) is 0 Å². The lowest BCUT2D eigenvalue weighted by molar-refractivity contribution is -0.137. The Morgan fingerprint density at radius 3 is 2.60 bits per heavy atom. The molecule has 0 aliphatic rings. The summed E-state index contributed by atoms with van der Waals surface area (Å²) in [6.45, 7) is 1.76. The predicted molar refractivity (Wildman–Crippen MR) is 66.9 cm³/mol. The standard InChI is InChI=1S/C13H11F4NOS/c1-7-6-20-12(18-7)5-11(19)9-4-8(13(15,16)17)2-3-10(9)14/h2-4,6,11,19H,5H2,1H3. The van der Waals surface area contributed by atoms with Gasteiger partial charge in [0.15, 0.2) is 0 Å². The number of hydrogen-bond acceptors (Lipinski definition) is 3. The monoisotopic (exact) mass is 305 g/mol. The fourth-order valence-electron chi connectivity index (χ4n) is 1.75. The summed E-state index contributed by atoms with van der Waals surface area (Å²) in [5.74, 6) is -0.862. The summed E-state index contributed by atoms with van der Waals surface area (Å²) in [4.78, 5) is 4.09. The van der Waals surface area contributed by atoms with Crippen molar-refractivity contribution < 1.29 is 22.7 Å². The number of nitrogens with zero attached hydrogens (tertiary/aromatic N) is 1. The number of aliphatic hydroxyl groups is 1. The second kappa shape index (κ2) is 5.49. The maximum absolute atomic E-state index is 13.6. The van der Waals surface area contributed by atoms with E-state index in [9.17, 15) is 22.7 Å². The predicted octanol–water partition coefficient (Wildman–Crippen LogP) is 3.89. The van der Waals surface area contributed by atoms with Crippen LogP contribution in [0.25, 0.3) is 0 Å².